The number of amides is 1. The highest BCUT2D eigenvalue weighted by Crippen LogP contribution is 2.34. The van der Waals surface area contributed by atoms with E-state index < -0.39 is 18.5 Å². The third-order valence-corrected chi connectivity index (χ3v) is 4.57. The van der Waals surface area contributed by atoms with E-state index in [9.17, 15) is 9.59 Å². The summed E-state index contributed by atoms with van der Waals surface area (Å²) in [5.74, 6) is 0.171. The molecule has 0 bridgehead atoms. The van der Waals surface area contributed by atoms with Gasteiger partial charge in [0.25, 0.3) is 5.91 Å². The van der Waals surface area contributed by atoms with Crippen LogP contribution < -0.4 is 14.8 Å². The molecule has 9 heteroatoms. The lowest BCUT2D eigenvalue weighted by molar-refractivity contribution is -0.124. The second-order valence-corrected chi connectivity index (χ2v) is 6.74. The number of para-hydroxylation sites is 1. The molecule has 0 spiro atoms. The number of fused-ring (bicyclic) bond motifs is 1. The number of benzene rings is 2. The highest BCUT2D eigenvalue weighted by molar-refractivity contribution is 5.90. The minimum absolute atomic E-state index is 0.0653. The Kier molecular flexibility index (Phi) is 5.34. The summed E-state index contributed by atoms with van der Waals surface area (Å²) in [6, 6.07) is 14.3. The monoisotopic (exact) mass is 408 g/mol. The topological polar surface area (TPSA) is 105 Å². The van der Waals surface area contributed by atoms with Gasteiger partial charge in [0.15, 0.2) is 23.8 Å². The van der Waals surface area contributed by atoms with Crippen LogP contribution in [0.4, 0.5) is 0 Å². The fourth-order valence-corrected chi connectivity index (χ4v) is 2.99. The Morgan fingerprint density at radius 2 is 1.90 bits per heavy atom. The molecule has 1 amide bonds. The predicted molar refractivity (Wildman–Crippen MR) is 106 cm³/mol. The lowest BCUT2D eigenvalue weighted by Crippen LogP contribution is -2.31. The largest absolute Gasteiger partial charge is 0.454 e. The van der Waals surface area contributed by atoms with E-state index in [1.165, 1.54) is 4.80 Å². The van der Waals surface area contributed by atoms with Gasteiger partial charge in [-0.25, -0.2) is 4.79 Å². The van der Waals surface area contributed by atoms with Gasteiger partial charge in [-0.3, -0.25) is 4.79 Å². The van der Waals surface area contributed by atoms with Crippen molar-refractivity contribution in [1.29, 1.82) is 0 Å². The van der Waals surface area contributed by atoms with Gasteiger partial charge in [-0.1, -0.05) is 24.3 Å². The van der Waals surface area contributed by atoms with Gasteiger partial charge in [-0.05, 0) is 43.7 Å². The van der Waals surface area contributed by atoms with E-state index in [0.717, 1.165) is 11.3 Å². The zero-order valence-corrected chi connectivity index (χ0v) is 16.5. The van der Waals surface area contributed by atoms with E-state index in [1.807, 2.05) is 49.4 Å². The first-order valence-corrected chi connectivity index (χ1v) is 9.36. The number of aryl methyl sites for hydroxylation is 1. The van der Waals surface area contributed by atoms with Crippen LogP contribution in [0.15, 0.2) is 48.5 Å². The van der Waals surface area contributed by atoms with E-state index in [2.05, 4.69) is 15.5 Å². The number of rotatable bonds is 6. The van der Waals surface area contributed by atoms with Crippen molar-refractivity contribution in [3.05, 3.63) is 65.5 Å². The van der Waals surface area contributed by atoms with Gasteiger partial charge in [-0.2, -0.15) is 9.90 Å². The first kappa shape index (κ1) is 19.4. The van der Waals surface area contributed by atoms with Crippen LogP contribution in [-0.2, 0) is 9.53 Å². The van der Waals surface area contributed by atoms with Crippen LogP contribution in [0.5, 0.6) is 11.5 Å². The molecule has 0 radical (unpaired) electrons. The molecule has 154 valence electrons. The Labute approximate surface area is 172 Å². The maximum Gasteiger partial charge on any atom is 0.361 e. The van der Waals surface area contributed by atoms with Crippen molar-refractivity contribution in [1.82, 2.24) is 20.3 Å². The number of aromatic nitrogens is 3. The average molecular weight is 408 g/mol. The fourth-order valence-electron chi connectivity index (χ4n) is 2.99. The molecule has 2 aromatic carbocycles. The summed E-state index contributed by atoms with van der Waals surface area (Å²) >= 11 is 0. The number of hydrogen-bond acceptors (Lipinski definition) is 7. The van der Waals surface area contributed by atoms with E-state index >= 15 is 0 Å². The summed E-state index contributed by atoms with van der Waals surface area (Å²) in [7, 11) is 0. The van der Waals surface area contributed by atoms with Crippen LogP contribution >= 0.6 is 0 Å². The average Bonchev–Trinajstić information content (AvgIpc) is 3.38. The van der Waals surface area contributed by atoms with Crippen LogP contribution in [0, 0.1) is 6.92 Å². The molecule has 30 heavy (non-hydrogen) atoms. The molecule has 3 aromatic rings. The maximum atomic E-state index is 12.3. The Morgan fingerprint density at radius 1 is 1.13 bits per heavy atom. The summed E-state index contributed by atoms with van der Waals surface area (Å²) in [6.07, 6.45) is 0. The number of nitrogens with one attached hydrogen (secondary N) is 1. The second-order valence-electron chi connectivity index (χ2n) is 6.74. The molecule has 0 saturated carbocycles. The number of esters is 1. The van der Waals surface area contributed by atoms with Crippen LogP contribution in [-0.4, -0.2) is 40.3 Å². The van der Waals surface area contributed by atoms with Gasteiger partial charge in [0.2, 0.25) is 6.79 Å². The van der Waals surface area contributed by atoms with Crippen molar-refractivity contribution in [2.45, 2.75) is 19.9 Å². The zero-order valence-electron chi connectivity index (χ0n) is 16.5. The Bertz CT molecular complexity index is 1080. The van der Waals surface area contributed by atoms with E-state index in [-0.39, 0.29) is 18.5 Å². The van der Waals surface area contributed by atoms with Gasteiger partial charge in [0, 0.05) is 0 Å². The van der Waals surface area contributed by atoms with E-state index in [0.29, 0.717) is 17.2 Å². The molecule has 1 aliphatic heterocycles. The fraction of sp³-hybridized carbons (Fsp3) is 0.238. The summed E-state index contributed by atoms with van der Waals surface area (Å²) in [5.41, 5.74) is 2.05. The molecule has 1 N–H and O–H groups in total. The lowest BCUT2D eigenvalue weighted by atomic mass is 10.1. The van der Waals surface area contributed by atoms with Crippen molar-refractivity contribution >= 4 is 11.9 Å². The van der Waals surface area contributed by atoms with Crippen LogP contribution in [0.2, 0.25) is 0 Å². The van der Waals surface area contributed by atoms with Gasteiger partial charge in [0.1, 0.15) is 0 Å². The number of carbonyl (C=O) groups is 2. The van der Waals surface area contributed by atoms with Crippen molar-refractivity contribution in [2.75, 3.05) is 13.4 Å². The molecule has 4 rings (SSSR count). The van der Waals surface area contributed by atoms with Crippen molar-refractivity contribution < 1.29 is 23.8 Å². The van der Waals surface area contributed by atoms with E-state index in [1.54, 1.807) is 13.0 Å². The summed E-state index contributed by atoms with van der Waals surface area (Å²) < 4.78 is 15.7. The van der Waals surface area contributed by atoms with Gasteiger partial charge in [-0.15, -0.1) is 5.10 Å². The third kappa shape index (κ3) is 4.09. The number of nitrogens with zero attached hydrogens (tertiary/aromatic N) is 3. The molecular formula is C21H20N4O5. The first-order valence-electron chi connectivity index (χ1n) is 9.36. The summed E-state index contributed by atoms with van der Waals surface area (Å²) in [6.45, 7) is 3.24. The van der Waals surface area contributed by atoms with Gasteiger partial charge >= 0.3 is 5.97 Å². The van der Waals surface area contributed by atoms with Crippen molar-refractivity contribution in [3.8, 4) is 17.2 Å². The standard InChI is InChI=1S/C21H20N4O5/c1-13(15-8-9-17-18(10-15)30-12-29-17)22-19(26)11-28-21(27)20-14(2)23-25(24-20)16-6-4-3-5-7-16/h3-10,13H,11-12H2,1-2H3,(H,22,26)/t13-/m0/s1. The van der Waals surface area contributed by atoms with Gasteiger partial charge in [0.05, 0.1) is 17.4 Å². The molecule has 2 heterocycles. The lowest BCUT2D eigenvalue weighted by Gasteiger charge is -2.14. The van der Waals surface area contributed by atoms with Crippen molar-refractivity contribution in [2.24, 2.45) is 0 Å². The molecular weight excluding hydrogens is 388 g/mol. The molecule has 0 unspecified atom stereocenters. The SMILES string of the molecule is Cc1nn(-c2ccccc2)nc1C(=O)OCC(=O)N[C@@H](C)c1ccc2c(c1)OCO2. The summed E-state index contributed by atoms with van der Waals surface area (Å²) in [4.78, 5) is 25.9. The van der Waals surface area contributed by atoms with E-state index in [4.69, 9.17) is 14.2 Å². The summed E-state index contributed by atoms with van der Waals surface area (Å²) in [5, 5.41) is 11.2. The normalized spacial score (nSPS) is 13.0. The number of carbonyl (C=O) groups excluding carboxylic acids is 2. The second kappa shape index (κ2) is 8.24. The highest BCUT2D eigenvalue weighted by Gasteiger charge is 2.20. The minimum atomic E-state index is -0.708. The maximum absolute atomic E-state index is 12.3. The molecule has 0 fully saturated rings. The molecule has 0 aliphatic carbocycles. The number of hydrogen-bond donors (Lipinski definition) is 1. The Morgan fingerprint density at radius 3 is 2.70 bits per heavy atom. The van der Waals surface area contributed by atoms with Crippen molar-refractivity contribution in [3.63, 3.8) is 0 Å². The zero-order chi connectivity index (χ0) is 21.1. The van der Waals surface area contributed by atoms with Crippen LogP contribution in [0.3, 0.4) is 0 Å². The number of ether oxygens (including phenoxy) is 3. The molecule has 1 atom stereocenters. The Hall–Kier alpha value is -3.88. The molecule has 9 nitrogen and oxygen atoms in total. The van der Waals surface area contributed by atoms with Crippen LogP contribution in [0.25, 0.3) is 5.69 Å². The quantitative estimate of drug-likeness (QED) is 0.624. The van der Waals surface area contributed by atoms with Gasteiger partial charge < -0.3 is 19.5 Å². The molecule has 1 aliphatic rings. The third-order valence-electron chi connectivity index (χ3n) is 4.57. The first-order chi connectivity index (χ1) is 14.5. The minimum Gasteiger partial charge on any atom is -0.454 e. The highest BCUT2D eigenvalue weighted by atomic mass is 16.7. The van der Waals surface area contributed by atoms with Crippen LogP contribution in [0.1, 0.15) is 34.7 Å². The molecule has 0 saturated heterocycles. The Balaban J connectivity index is 1.34. The smallest absolute Gasteiger partial charge is 0.361 e. The predicted octanol–water partition coefficient (Wildman–Crippen LogP) is 2.34. The molecule has 1 aromatic heterocycles.